The topological polar surface area (TPSA) is 32.8 Å². The second-order valence-electron chi connectivity index (χ2n) is 7.12. The minimum Gasteiger partial charge on any atom is -0.378 e. The number of rotatable bonds is 6. The van der Waals surface area contributed by atoms with Gasteiger partial charge in [0.15, 0.2) is 0 Å². The van der Waals surface area contributed by atoms with Crippen molar-refractivity contribution in [2.24, 2.45) is 5.92 Å². The molecule has 2 fully saturated rings. The number of nitrogens with zero attached hydrogens (tertiary/aromatic N) is 2. The van der Waals surface area contributed by atoms with Gasteiger partial charge in [-0.05, 0) is 55.7 Å². The number of hydrogen-bond donors (Lipinski definition) is 0. The Morgan fingerprint density at radius 3 is 2.68 bits per heavy atom. The zero-order valence-electron chi connectivity index (χ0n) is 15.3. The first-order chi connectivity index (χ1) is 12.2. The van der Waals surface area contributed by atoms with Crippen molar-refractivity contribution < 1.29 is 9.53 Å². The maximum Gasteiger partial charge on any atom is 0.222 e. The Bertz CT molecular complexity index is 543. The van der Waals surface area contributed by atoms with Gasteiger partial charge in [-0.25, -0.2) is 0 Å². The highest BCUT2D eigenvalue weighted by Gasteiger charge is 2.22. The molecule has 2 heterocycles. The predicted octanol–water partition coefficient (Wildman–Crippen LogP) is 3.26. The molecule has 2 saturated heterocycles. The standard InChI is InChI=1S/C20H30N2O2S/c1-25-19-7-4-18(5-8-19)16-21-10-2-3-17(15-21)6-9-20(23)22-11-13-24-14-12-22/h4-5,7-8,17H,2-3,6,9-16H2,1H3/t17-/m0/s1. The molecule has 1 amide bonds. The van der Waals surface area contributed by atoms with Crippen molar-refractivity contribution >= 4 is 17.7 Å². The number of carbonyl (C=O) groups excluding carboxylic acids is 1. The van der Waals surface area contributed by atoms with Gasteiger partial charge in [0.1, 0.15) is 0 Å². The highest BCUT2D eigenvalue weighted by atomic mass is 32.2. The lowest BCUT2D eigenvalue weighted by Gasteiger charge is -2.33. The molecule has 1 aromatic rings. The lowest BCUT2D eigenvalue weighted by atomic mass is 9.93. The highest BCUT2D eigenvalue weighted by Crippen LogP contribution is 2.23. The number of thioether (sulfide) groups is 1. The van der Waals surface area contributed by atoms with Crippen molar-refractivity contribution in [3.8, 4) is 0 Å². The number of amides is 1. The number of carbonyl (C=O) groups is 1. The van der Waals surface area contributed by atoms with Crippen LogP contribution in [0.2, 0.25) is 0 Å². The van der Waals surface area contributed by atoms with Gasteiger partial charge in [-0.1, -0.05) is 12.1 Å². The van der Waals surface area contributed by atoms with E-state index in [0.717, 1.165) is 32.6 Å². The van der Waals surface area contributed by atoms with Crippen LogP contribution < -0.4 is 0 Å². The molecule has 3 rings (SSSR count). The first-order valence-corrected chi connectivity index (χ1v) is 10.7. The Kier molecular flexibility index (Phi) is 7.20. The van der Waals surface area contributed by atoms with Gasteiger partial charge < -0.3 is 9.64 Å². The van der Waals surface area contributed by atoms with E-state index in [1.54, 1.807) is 11.8 Å². The van der Waals surface area contributed by atoms with Crippen LogP contribution in [0.1, 0.15) is 31.2 Å². The molecule has 0 N–H and O–H groups in total. The van der Waals surface area contributed by atoms with E-state index >= 15 is 0 Å². The Morgan fingerprint density at radius 1 is 1.20 bits per heavy atom. The summed E-state index contributed by atoms with van der Waals surface area (Å²) in [6.45, 7) is 6.25. The second kappa shape index (κ2) is 9.60. The molecule has 0 bridgehead atoms. The van der Waals surface area contributed by atoms with Gasteiger partial charge in [-0.3, -0.25) is 9.69 Å². The Balaban J connectivity index is 1.43. The van der Waals surface area contributed by atoms with E-state index in [2.05, 4.69) is 35.4 Å². The molecule has 2 aliphatic heterocycles. The minimum atomic E-state index is 0.313. The number of morpholine rings is 1. The molecule has 0 aromatic heterocycles. The highest BCUT2D eigenvalue weighted by molar-refractivity contribution is 7.98. The number of ether oxygens (including phenoxy) is 1. The Labute approximate surface area is 155 Å². The monoisotopic (exact) mass is 362 g/mol. The quantitative estimate of drug-likeness (QED) is 0.727. The van der Waals surface area contributed by atoms with Crippen LogP contribution in [0.15, 0.2) is 29.2 Å². The van der Waals surface area contributed by atoms with E-state index in [1.165, 1.54) is 29.8 Å². The zero-order valence-corrected chi connectivity index (χ0v) is 16.1. The average Bonchev–Trinajstić information content (AvgIpc) is 2.68. The summed E-state index contributed by atoms with van der Waals surface area (Å²) in [6, 6.07) is 8.92. The van der Waals surface area contributed by atoms with E-state index in [4.69, 9.17) is 4.74 Å². The molecular formula is C20H30N2O2S. The normalized spacial score (nSPS) is 22.1. The van der Waals surface area contributed by atoms with E-state index in [1.807, 2.05) is 4.90 Å². The molecule has 0 spiro atoms. The lowest BCUT2D eigenvalue weighted by molar-refractivity contribution is -0.135. The first kappa shape index (κ1) is 18.7. The van der Waals surface area contributed by atoms with E-state index < -0.39 is 0 Å². The molecule has 0 radical (unpaired) electrons. The molecule has 138 valence electrons. The first-order valence-electron chi connectivity index (χ1n) is 9.45. The minimum absolute atomic E-state index is 0.313. The largest absolute Gasteiger partial charge is 0.378 e. The lowest BCUT2D eigenvalue weighted by Crippen LogP contribution is -2.41. The molecule has 0 unspecified atom stereocenters. The van der Waals surface area contributed by atoms with Gasteiger partial charge in [0, 0.05) is 37.5 Å². The van der Waals surface area contributed by atoms with Crippen molar-refractivity contribution in [3.05, 3.63) is 29.8 Å². The fourth-order valence-corrected chi connectivity index (χ4v) is 4.23. The van der Waals surface area contributed by atoms with Crippen LogP contribution in [0, 0.1) is 5.92 Å². The van der Waals surface area contributed by atoms with Gasteiger partial charge in [0.05, 0.1) is 13.2 Å². The fraction of sp³-hybridized carbons (Fsp3) is 0.650. The molecule has 4 nitrogen and oxygen atoms in total. The fourth-order valence-electron chi connectivity index (χ4n) is 3.82. The van der Waals surface area contributed by atoms with Crippen molar-refractivity contribution in [1.82, 2.24) is 9.80 Å². The van der Waals surface area contributed by atoms with Crippen LogP contribution >= 0.6 is 11.8 Å². The molecule has 25 heavy (non-hydrogen) atoms. The van der Waals surface area contributed by atoms with E-state index in [0.29, 0.717) is 31.5 Å². The maximum atomic E-state index is 12.3. The summed E-state index contributed by atoms with van der Waals surface area (Å²) in [7, 11) is 0. The molecule has 1 atom stereocenters. The van der Waals surface area contributed by atoms with Crippen molar-refractivity contribution in [1.29, 1.82) is 0 Å². The number of hydrogen-bond acceptors (Lipinski definition) is 4. The van der Waals surface area contributed by atoms with Gasteiger partial charge in [-0.15, -0.1) is 11.8 Å². The van der Waals surface area contributed by atoms with Crippen molar-refractivity contribution in [2.45, 2.75) is 37.1 Å². The molecule has 1 aromatic carbocycles. The zero-order chi connectivity index (χ0) is 17.5. The van der Waals surface area contributed by atoms with Gasteiger partial charge in [0.25, 0.3) is 0 Å². The SMILES string of the molecule is CSc1ccc(CN2CCC[C@@H](CCC(=O)N3CCOCC3)C2)cc1. The second-order valence-corrected chi connectivity index (χ2v) is 8.00. The summed E-state index contributed by atoms with van der Waals surface area (Å²) in [6.07, 6.45) is 6.35. The average molecular weight is 363 g/mol. The van der Waals surface area contributed by atoms with Gasteiger partial charge in [0.2, 0.25) is 5.91 Å². The van der Waals surface area contributed by atoms with Crippen LogP contribution in [0.3, 0.4) is 0 Å². The van der Waals surface area contributed by atoms with Crippen LogP contribution in [0.5, 0.6) is 0 Å². The summed E-state index contributed by atoms with van der Waals surface area (Å²) in [5.74, 6) is 0.970. The smallest absolute Gasteiger partial charge is 0.222 e. The maximum absolute atomic E-state index is 12.3. The van der Waals surface area contributed by atoms with Crippen LogP contribution in [-0.2, 0) is 16.1 Å². The van der Waals surface area contributed by atoms with E-state index in [-0.39, 0.29) is 0 Å². The third kappa shape index (κ3) is 5.73. The Hall–Kier alpha value is -1.04. The van der Waals surface area contributed by atoms with E-state index in [9.17, 15) is 4.79 Å². The third-order valence-corrected chi connectivity index (χ3v) is 6.04. The summed E-state index contributed by atoms with van der Waals surface area (Å²) in [5.41, 5.74) is 1.39. The van der Waals surface area contributed by atoms with Gasteiger partial charge in [-0.2, -0.15) is 0 Å². The van der Waals surface area contributed by atoms with Crippen molar-refractivity contribution in [2.75, 3.05) is 45.6 Å². The van der Waals surface area contributed by atoms with Crippen molar-refractivity contribution in [3.63, 3.8) is 0 Å². The summed E-state index contributed by atoms with van der Waals surface area (Å²) in [5, 5.41) is 0. The van der Waals surface area contributed by atoms with Crippen LogP contribution in [0.4, 0.5) is 0 Å². The molecule has 0 aliphatic carbocycles. The third-order valence-electron chi connectivity index (χ3n) is 5.30. The molecule has 2 aliphatic rings. The molecule has 0 saturated carbocycles. The number of piperidine rings is 1. The predicted molar refractivity (Wildman–Crippen MR) is 103 cm³/mol. The van der Waals surface area contributed by atoms with Crippen LogP contribution in [0.25, 0.3) is 0 Å². The van der Waals surface area contributed by atoms with Crippen LogP contribution in [-0.4, -0.2) is 61.4 Å². The summed E-state index contributed by atoms with van der Waals surface area (Å²) >= 11 is 1.79. The number of benzene rings is 1. The molecular weight excluding hydrogens is 332 g/mol. The summed E-state index contributed by atoms with van der Waals surface area (Å²) in [4.78, 5) is 18.2. The molecule has 5 heteroatoms. The Morgan fingerprint density at radius 2 is 1.96 bits per heavy atom. The number of likely N-dealkylation sites (tertiary alicyclic amines) is 1. The summed E-state index contributed by atoms with van der Waals surface area (Å²) < 4.78 is 5.33. The van der Waals surface area contributed by atoms with Gasteiger partial charge >= 0.3 is 0 Å².